The summed E-state index contributed by atoms with van der Waals surface area (Å²) in [6, 6.07) is 11.1. The zero-order chi connectivity index (χ0) is 29.6. The van der Waals surface area contributed by atoms with E-state index >= 15 is 0 Å². The van der Waals surface area contributed by atoms with Gasteiger partial charge in [0.2, 0.25) is 10.0 Å². The standard InChI is InChI=1S/C29H28FN5O5S/c1-5-18-10-13-23(22(30)14-18)31-24-16-25(36)33(6-2)27-26(24)28(37)35(20-11-12-20)29(38)34(27)21-9-7-8-19(15-21)32-41(39,40)17(3)4/h1,7-10,13-17,20,31-32H,6,11-12H2,2-4H3. The third-order valence-electron chi connectivity index (χ3n) is 6.94. The van der Waals surface area contributed by atoms with Crippen molar-refractivity contribution in [2.24, 2.45) is 0 Å². The SMILES string of the molecule is C#Cc1ccc(Nc2cc(=O)n(CC)c3c2c(=O)n(C2CC2)c(=O)n3-c2cccc(NS(=O)(=O)C(C)C)c2)c(F)c1. The number of aryl methyl sites for hydroxylation is 1. The second-order valence-electron chi connectivity index (χ2n) is 10.1. The van der Waals surface area contributed by atoms with E-state index in [2.05, 4.69) is 16.0 Å². The molecule has 0 radical (unpaired) electrons. The van der Waals surface area contributed by atoms with Crippen LogP contribution in [-0.2, 0) is 16.6 Å². The van der Waals surface area contributed by atoms with Crippen LogP contribution in [-0.4, -0.2) is 27.4 Å². The quantitative estimate of drug-likeness (QED) is 0.308. The lowest BCUT2D eigenvalue weighted by Gasteiger charge is -2.20. The molecule has 0 unspecified atom stereocenters. The smallest absolute Gasteiger partial charge is 0.337 e. The summed E-state index contributed by atoms with van der Waals surface area (Å²) >= 11 is 0. The van der Waals surface area contributed by atoms with Crippen molar-refractivity contribution < 1.29 is 12.8 Å². The predicted octanol–water partition coefficient (Wildman–Crippen LogP) is 3.68. The number of terminal acetylenes is 1. The lowest BCUT2D eigenvalue weighted by Crippen LogP contribution is -2.41. The lowest BCUT2D eigenvalue weighted by atomic mass is 10.2. The third-order valence-corrected chi connectivity index (χ3v) is 8.70. The van der Waals surface area contributed by atoms with Crippen molar-refractivity contribution in [3.8, 4) is 18.0 Å². The van der Waals surface area contributed by atoms with E-state index in [1.807, 2.05) is 0 Å². The number of aromatic nitrogens is 3. The molecule has 0 bridgehead atoms. The fourth-order valence-corrected chi connectivity index (χ4v) is 5.31. The molecule has 0 saturated heterocycles. The van der Waals surface area contributed by atoms with E-state index in [0.717, 1.165) is 10.6 Å². The van der Waals surface area contributed by atoms with Crippen molar-refractivity contribution in [2.45, 2.75) is 51.4 Å². The van der Waals surface area contributed by atoms with Gasteiger partial charge in [0, 0.05) is 24.2 Å². The molecule has 0 amide bonds. The van der Waals surface area contributed by atoms with E-state index < -0.39 is 37.9 Å². The van der Waals surface area contributed by atoms with Crippen LogP contribution in [0, 0.1) is 18.2 Å². The molecule has 4 aromatic rings. The Morgan fingerprint density at radius 2 is 1.80 bits per heavy atom. The molecule has 41 heavy (non-hydrogen) atoms. The van der Waals surface area contributed by atoms with E-state index in [4.69, 9.17) is 6.42 Å². The zero-order valence-electron chi connectivity index (χ0n) is 22.6. The van der Waals surface area contributed by atoms with Gasteiger partial charge in [-0.25, -0.2) is 22.2 Å². The summed E-state index contributed by atoms with van der Waals surface area (Å²) in [6.45, 7) is 4.88. The monoisotopic (exact) mass is 577 g/mol. The van der Waals surface area contributed by atoms with Crippen molar-refractivity contribution in [3.63, 3.8) is 0 Å². The first-order chi connectivity index (χ1) is 19.5. The molecule has 0 spiro atoms. The fourth-order valence-electron chi connectivity index (χ4n) is 4.62. The summed E-state index contributed by atoms with van der Waals surface area (Å²) in [5.41, 5.74) is -1.06. The van der Waals surface area contributed by atoms with Crippen LogP contribution in [0.1, 0.15) is 45.2 Å². The number of benzene rings is 2. The van der Waals surface area contributed by atoms with Gasteiger partial charge >= 0.3 is 5.69 Å². The molecule has 1 fully saturated rings. The highest BCUT2D eigenvalue weighted by atomic mass is 32.2. The minimum atomic E-state index is -3.70. The maximum atomic E-state index is 14.9. The van der Waals surface area contributed by atoms with Crippen LogP contribution in [0.5, 0.6) is 0 Å². The molecule has 0 atom stereocenters. The van der Waals surface area contributed by atoms with Crippen LogP contribution >= 0.6 is 0 Å². The first-order valence-corrected chi connectivity index (χ1v) is 14.6. The second-order valence-corrected chi connectivity index (χ2v) is 12.3. The van der Waals surface area contributed by atoms with E-state index in [9.17, 15) is 27.2 Å². The average molecular weight is 578 g/mol. The number of anilines is 3. The summed E-state index contributed by atoms with van der Waals surface area (Å²) < 4.78 is 46.1. The number of hydrogen-bond donors (Lipinski definition) is 2. The van der Waals surface area contributed by atoms with E-state index in [0.29, 0.717) is 18.4 Å². The maximum Gasteiger partial charge on any atom is 0.337 e. The van der Waals surface area contributed by atoms with Crippen LogP contribution in [0.25, 0.3) is 16.7 Å². The van der Waals surface area contributed by atoms with Crippen molar-refractivity contribution in [1.82, 2.24) is 13.7 Å². The number of rotatable bonds is 8. The Bertz CT molecular complexity index is 2030. The van der Waals surface area contributed by atoms with Crippen molar-refractivity contribution in [2.75, 3.05) is 10.0 Å². The minimum absolute atomic E-state index is 0.00100. The lowest BCUT2D eigenvalue weighted by molar-refractivity contribution is 0.593. The second kappa shape index (κ2) is 10.4. The van der Waals surface area contributed by atoms with E-state index in [1.165, 1.54) is 53.3 Å². The molecule has 2 N–H and O–H groups in total. The molecule has 1 aliphatic rings. The molecule has 0 aliphatic heterocycles. The summed E-state index contributed by atoms with van der Waals surface area (Å²) in [7, 11) is -3.70. The fraction of sp³-hybridized carbons (Fsp3) is 0.276. The van der Waals surface area contributed by atoms with Crippen molar-refractivity contribution >= 4 is 38.1 Å². The normalized spacial score (nSPS) is 13.4. The number of halogens is 1. The predicted molar refractivity (Wildman–Crippen MR) is 157 cm³/mol. The Balaban J connectivity index is 1.84. The molecule has 2 aromatic carbocycles. The van der Waals surface area contributed by atoms with Gasteiger partial charge in [-0.2, -0.15) is 0 Å². The molecule has 5 rings (SSSR count). The van der Waals surface area contributed by atoms with Crippen LogP contribution in [0.15, 0.2) is 62.9 Å². The Morgan fingerprint density at radius 3 is 2.41 bits per heavy atom. The largest absolute Gasteiger partial charge is 0.352 e. The van der Waals surface area contributed by atoms with Gasteiger partial charge in [-0.05, 0) is 70.0 Å². The summed E-state index contributed by atoms with van der Waals surface area (Å²) in [5.74, 6) is 1.66. The summed E-state index contributed by atoms with van der Waals surface area (Å²) in [6.07, 6.45) is 6.60. The average Bonchev–Trinajstić information content (AvgIpc) is 3.75. The van der Waals surface area contributed by atoms with Crippen molar-refractivity contribution in [3.05, 3.63) is 91.1 Å². The molecular formula is C29H28FN5O5S. The molecule has 1 aliphatic carbocycles. The number of sulfonamides is 1. The number of pyridine rings is 1. The molecule has 2 aromatic heterocycles. The number of nitrogens with one attached hydrogen (secondary N) is 2. The third kappa shape index (κ3) is 5.04. The van der Waals surface area contributed by atoms with E-state index in [1.54, 1.807) is 19.1 Å². The van der Waals surface area contributed by atoms with E-state index in [-0.39, 0.29) is 46.4 Å². The van der Waals surface area contributed by atoms with Crippen LogP contribution in [0.4, 0.5) is 21.5 Å². The van der Waals surface area contributed by atoms with Gasteiger partial charge in [0.1, 0.15) is 16.9 Å². The highest BCUT2D eigenvalue weighted by Gasteiger charge is 2.31. The zero-order valence-corrected chi connectivity index (χ0v) is 23.5. The van der Waals surface area contributed by atoms with Crippen LogP contribution in [0.3, 0.4) is 0 Å². The molecule has 12 heteroatoms. The van der Waals surface area contributed by atoms with Gasteiger partial charge in [0.25, 0.3) is 11.1 Å². The first kappa shape index (κ1) is 27.9. The van der Waals surface area contributed by atoms with Gasteiger partial charge < -0.3 is 5.32 Å². The molecule has 1 saturated carbocycles. The first-order valence-electron chi connectivity index (χ1n) is 13.1. The molecular weight excluding hydrogens is 549 g/mol. The molecule has 2 heterocycles. The number of fused-ring (bicyclic) bond motifs is 1. The summed E-state index contributed by atoms with van der Waals surface area (Å²) in [5, 5.41) is 2.16. The Labute approximate surface area is 235 Å². The van der Waals surface area contributed by atoms with Gasteiger partial charge in [-0.3, -0.25) is 23.4 Å². The Kier molecular flexibility index (Phi) is 7.08. The minimum Gasteiger partial charge on any atom is -0.352 e. The molecule has 212 valence electrons. The van der Waals surface area contributed by atoms with Crippen molar-refractivity contribution in [1.29, 1.82) is 0 Å². The highest BCUT2D eigenvalue weighted by molar-refractivity contribution is 7.93. The Hall–Kier alpha value is -4.63. The van der Waals surface area contributed by atoms with Crippen LogP contribution < -0.4 is 26.8 Å². The maximum absolute atomic E-state index is 14.9. The van der Waals surface area contributed by atoms with Gasteiger partial charge in [0.15, 0.2) is 0 Å². The number of hydrogen-bond acceptors (Lipinski definition) is 6. The topological polar surface area (TPSA) is 124 Å². The Morgan fingerprint density at radius 1 is 1.07 bits per heavy atom. The summed E-state index contributed by atoms with van der Waals surface area (Å²) in [4.78, 5) is 41.2. The van der Waals surface area contributed by atoms with Gasteiger partial charge in [-0.1, -0.05) is 12.0 Å². The number of nitrogens with zero attached hydrogens (tertiary/aromatic N) is 3. The molecule has 10 nitrogen and oxygen atoms in total. The highest BCUT2D eigenvalue weighted by Crippen LogP contribution is 2.34. The van der Waals surface area contributed by atoms with Gasteiger partial charge in [-0.15, -0.1) is 6.42 Å². The van der Waals surface area contributed by atoms with Gasteiger partial charge in [0.05, 0.1) is 28.0 Å². The van der Waals surface area contributed by atoms with Crippen LogP contribution in [0.2, 0.25) is 0 Å².